The lowest BCUT2D eigenvalue weighted by Gasteiger charge is -2.04. The molecule has 1 aromatic carbocycles. The number of aliphatic hydroxyl groups is 1. The molecule has 0 aliphatic heterocycles. The highest BCUT2D eigenvalue weighted by molar-refractivity contribution is 5.92. The summed E-state index contributed by atoms with van der Waals surface area (Å²) in [7, 11) is 0. The average molecular weight is 347 g/mol. The Morgan fingerprint density at radius 3 is 2.54 bits per heavy atom. The van der Waals surface area contributed by atoms with Gasteiger partial charge in [0.15, 0.2) is 5.58 Å². The number of anilines is 1. The number of nitrogens with two attached hydrogens (primary N) is 1. The van der Waals surface area contributed by atoms with Gasteiger partial charge in [0.1, 0.15) is 29.5 Å². The maximum atomic E-state index is 8.82. The number of ether oxygens (including phenoxy) is 1. The number of rotatable bonds is 5. The zero-order valence-electron chi connectivity index (χ0n) is 13.9. The predicted octanol–water partition coefficient (Wildman–Crippen LogP) is 3.51. The van der Waals surface area contributed by atoms with Crippen LogP contribution in [0.25, 0.3) is 33.6 Å². The summed E-state index contributed by atoms with van der Waals surface area (Å²) in [5.41, 5.74) is 9.89. The standard InChI is InChI=1S/C20H17N3O3/c21-19-6-3-14(12-23-19)16-7-8-22-17-11-18(26-20(16)17)13-1-4-15(5-2-13)25-10-9-24/h1-8,11-12,24H,9-10H2,(H2,21,23). The number of hydrogen-bond donors (Lipinski definition) is 2. The molecule has 0 unspecified atom stereocenters. The number of furan rings is 1. The van der Waals surface area contributed by atoms with E-state index in [0.29, 0.717) is 17.2 Å². The number of nitrogens with zero attached hydrogens (tertiary/aromatic N) is 2. The highest BCUT2D eigenvalue weighted by Crippen LogP contribution is 2.33. The normalized spacial score (nSPS) is 11.0. The Balaban J connectivity index is 1.71. The molecule has 0 fully saturated rings. The quantitative estimate of drug-likeness (QED) is 0.574. The summed E-state index contributed by atoms with van der Waals surface area (Å²) < 4.78 is 11.5. The number of nitrogen functional groups attached to an aromatic ring is 1. The minimum Gasteiger partial charge on any atom is -0.491 e. The SMILES string of the molecule is Nc1ccc(-c2ccnc3cc(-c4ccc(OCCO)cc4)oc23)cn1. The molecule has 0 atom stereocenters. The third kappa shape index (κ3) is 3.10. The van der Waals surface area contributed by atoms with Crippen LogP contribution >= 0.6 is 0 Å². The third-order valence-corrected chi connectivity index (χ3v) is 4.01. The number of fused-ring (bicyclic) bond motifs is 1. The minimum absolute atomic E-state index is 0.0141. The van der Waals surface area contributed by atoms with Crippen LogP contribution in [0.3, 0.4) is 0 Å². The van der Waals surface area contributed by atoms with Crippen LogP contribution in [0.1, 0.15) is 0 Å². The van der Waals surface area contributed by atoms with Crippen molar-refractivity contribution in [3.8, 4) is 28.2 Å². The molecule has 0 bridgehead atoms. The summed E-state index contributed by atoms with van der Waals surface area (Å²) in [5.74, 6) is 1.89. The summed E-state index contributed by atoms with van der Waals surface area (Å²) in [6.45, 7) is 0.257. The molecule has 0 saturated carbocycles. The van der Waals surface area contributed by atoms with Gasteiger partial charge in [0.05, 0.1) is 6.61 Å². The molecule has 3 N–H and O–H groups in total. The molecule has 0 saturated heterocycles. The van der Waals surface area contributed by atoms with Gasteiger partial charge in [0, 0.05) is 35.2 Å². The minimum atomic E-state index is -0.0141. The van der Waals surface area contributed by atoms with Crippen molar-refractivity contribution in [2.75, 3.05) is 18.9 Å². The van der Waals surface area contributed by atoms with E-state index >= 15 is 0 Å². The lowest BCUT2D eigenvalue weighted by atomic mass is 10.1. The van der Waals surface area contributed by atoms with Gasteiger partial charge in [-0.15, -0.1) is 0 Å². The van der Waals surface area contributed by atoms with E-state index in [1.165, 1.54) is 0 Å². The summed E-state index contributed by atoms with van der Waals surface area (Å²) >= 11 is 0. The largest absolute Gasteiger partial charge is 0.491 e. The van der Waals surface area contributed by atoms with Gasteiger partial charge < -0.3 is 20.0 Å². The number of benzene rings is 1. The van der Waals surface area contributed by atoms with Gasteiger partial charge in [-0.25, -0.2) is 4.98 Å². The number of aromatic nitrogens is 2. The molecular formula is C20H17N3O3. The van der Waals surface area contributed by atoms with Crippen molar-refractivity contribution in [3.63, 3.8) is 0 Å². The van der Waals surface area contributed by atoms with E-state index < -0.39 is 0 Å². The van der Waals surface area contributed by atoms with Gasteiger partial charge >= 0.3 is 0 Å². The van der Waals surface area contributed by atoms with Gasteiger partial charge in [-0.3, -0.25) is 4.98 Å². The first-order chi connectivity index (χ1) is 12.7. The molecule has 0 amide bonds. The van der Waals surface area contributed by atoms with E-state index in [1.54, 1.807) is 18.5 Å². The van der Waals surface area contributed by atoms with Crippen LogP contribution in [-0.4, -0.2) is 28.3 Å². The van der Waals surface area contributed by atoms with E-state index in [4.69, 9.17) is 20.0 Å². The molecule has 3 aromatic heterocycles. The molecule has 0 aliphatic rings. The molecule has 6 heteroatoms. The molecule has 6 nitrogen and oxygen atoms in total. The van der Waals surface area contributed by atoms with Crippen molar-refractivity contribution in [2.24, 2.45) is 0 Å². The summed E-state index contributed by atoms with van der Waals surface area (Å²) in [6.07, 6.45) is 3.47. The lowest BCUT2D eigenvalue weighted by molar-refractivity contribution is 0.201. The van der Waals surface area contributed by atoms with Crippen LogP contribution in [0.2, 0.25) is 0 Å². The Bertz CT molecular complexity index is 1020. The molecule has 3 heterocycles. The third-order valence-electron chi connectivity index (χ3n) is 4.01. The van der Waals surface area contributed by atoms with Crippen LogP contribution in [0.5, 0.6) is 5.75 Å². The van der Waals surface area contributed by atoms with Crippen LogP contribution in [0.15, 0.2) is 65.3 Å². The van der Waals surface area contributed by atoms with Crippen LogP contribution in [0.4, 0.5) is 5.82 Å². The summed E-state index contributed by atoms with van der Waals surface area (Å²) in [5, 5.41) is 8.82. The molecule has 0 spiro atoms. The van der Waals surface area contributed by atoms with Crippen LogP contribution in [0, 0.1) is 0 Å². The van der Waals surface area contributed by atoms with Crippen molar-refractivity contribution in [1.29, 1.82) is 0 Å². The van der Waals surface area contributed by atoms with Crippen LogP contribution < -0.4 is 10.5 Å². The zero-order chi connectivity index (χ0) is 17.9. The Kier molecular flexibility index (Phi) is 4.25. The molecular weight excluding hydrogens is 330 g/mol. The van der Waals surface area contributed by atoms with Gasteiger partial charge in [0.25, 0.3) is 0 Å². The van der Waals surface area contributed by atoms with Gasteiger partial charge in [0.2, 0.25) is 0 Å². The zero-order valence-corrected chi connectivity index (χ0v) is 13.9. The van der Waals surface area contributed by atoms with E-state index in [2.05, 4.69) is 9.97 Å². The molecule has 0 radical (unpaired) electrons. The van der Waals surface area contributed by atoms with Crippen molar-refractivity contribution in [3.05, 3.63) is 60.9 Å². The fraction of sp³-hybridized carbons (Fsp3) is 0.100. The second-order valence-corrected chi connectivity index (χ2v) is 5.75. The summed E-state index contributed by atoms with van der Waals surface area (Å²) in [4.78, 5) is 8.54. The van der Waals surface area contributed by atoms with Gasteiger partial charge in [-0.1, -0.05) is 0 Å². The van der Waals surface area contributed by atoms with Crippen molar-refractivity contribution >= 4 is 16.9 Å². The Labute approximate surface area is 149 Å². The first-order valence-electron chi connectivity index (χ1n) is 8.19. The Morgan fingerprint density at radius 2 is 1.81 bits per heavy atom. The molecule has 26 heavy (non-hydrogen) atoms. The fourth-order valence-corrected chi connectivity index (χ4v) is 2.75. The Morgan fingerprint density at radius 1 is 1.00 bits per heavy atom. The highest BCUT2D eigenvalue weighted by atomic mass is 16.5. The number of pyridine rings is 2. The van der Waals surface area contributed by atoms with Crippen molar-refractivity contribution < 1.29 is 14.3 Å². The van der Waals surface area contributed by atoms with E-state index in [1.807, 2.05) is 42.5 Å². The smallest absolute Gasteiger partial charge is 0.161 e. The Hall–Kier alpha value is -3.38. The predicted molar refractivity (Wildman–Crippen MR) is 99.7 cm³/mol. The average Bonchev–Trinajstić information content (AvgIpc) is 3.12. The first-order valence-corrected chi connectivity index (χ1v) is 8.19. The van der Waals surface area contributed by atoms with Gasteiger partial charge in [-0.2, -0.15) is 0 Å². The van der Waals surface area contributed by atoms with Gasteiger partial charge in [-0.05, 0) is 42.5 Å². The maximum Gasteiger partial charge on any atom is 0.161 e. The van der Waals surface area contributed by atoms with E-state index in [-0.39, 0.29) is 13.2 Å². The fourth-order valence-electron chi connectivity index (χ4n) is 2.75. The summed E-state index contributed by atoms with van der Waals surface area (Å²) in [6, 6.07) is 15.0. The number of aliphatic hydroxyl groups excluding tert-OH is 1. The van der Waals surface area contributed by atoms with Crippen molar-refractivity contribution in [2.45, 2.75) is 0 Å². The monoisotopic (exact) mass is 347 g/mol. The highest BCUT2D eigenvalue weighted by Gasteiger charge is 2.12. The second kappa shape index (κ2) is 6.85. The molecule has 4 aromatic rings. The van der Waals surface area contributed by atoms with Crippen LogP contribution in [-0.2, 0) is 0 Å². The topological polar surface area (TPSA) is 94.4 Å². The number of hydrogen-bond acceptors (Lipinski definition) is 6. The van der Waals surface area contributed by atoms with E-state index in [9.17, 15) is 0 Å². The first kappa shape index (κ1) is 16.1. The molecule has 4 rings (SSSR count). The molecule has 0 aliphatic carbocycles. The van der Waals surface area contributed by atoms with Crippen molar-refractivity contribution in [1.82, 2.24) is 9.97 Å². The van der Waals surface area contributed by atoms with E-state index in [0.717, 1.165) is 28.0 Å². The maximum absolute atomic E-state index is 8.82. The molecule has 130 valence electrons. The lowest BCUT2D eigenvalue weighted by Crippen LogP contribution is -2.01. The second-order valence-electron chi connectivity index (χ2n) is 5.75.